The van der Waals surface area contributed by atoms with E-state index < -0.39 is 0 Å². The minimum atomic E-state index is 0.472. The SMILES string of the molecule is CCCc1nn(C)c(N2CCCN(C)CC2C)c1N. The second kappa shape index (κ2) is 5.82. The van der Waals surface area contributed by atoms with Crippen LogP contribution in [0, 0.1) is 0 Å². The first-order valence-corrected chi connectivity index (χ1v) is 7.31. The van der Waals surface area contributed by atoms with E-state index in [2.05, 4.69) is 35.8 Å². The summed E-state index contributed by atoms with van der Waals surface area (Å²) < 4.78 is 1.96. The molecule has 0 spiro atoms. The maximum absolute atomic E-state index is 6.33. The summed E-state index contributed by atoms with van der Waals surface area (Å²) in [5.41, 5.74) is 8.25. The smallest absolute Gasteiger partial charge is 0.150 e. The highest BCUT2D eigenvalue weighted by atomic mass is 15.4. The molecule has 19 heavy (non-hydrogen) atoms. The first kappa shape index (κ1) is 14.2. The van der Waals surface area contributed by atoms with Gasteiger partial charge in [0, 0.05) is 26.2 Å². The summed E-state index contributed by atoms with van der Waals surface area (Å²) in [5, 5.41) is 4.60. The quantitative estimate of drug-likeness (QED) is 0.899. The Kier molecular flexibility index (Phi) is 4.34. The normalized spacial score (nSPS) is 21.7. The van der Waals surface area contributed by atoms with Gasteiger partial charge in [0.2, 0.25) is 0 Å². The lowest BCUT2D eigenvalue weighted by atomic mass is 10.2. The van der Waals surface area contributed by atoms with Crippen molar-refractivity contribution in [2.45, 2.75) is 39.2 Å². The Balaban J connectivity index is 2.29. The molecule has 1 aromatic heterocycles. The summed E-state index contributed by atoms with van der Waals surface area (Å²) in [6.07, 6.45) is 3.22. The van der Waals surface area contributed by atoms with Crippen molar-refractivity contribution in [3.63, 3.8) is 0 Å². The third kappa shape index (κ3) is 2.86. The van der Waals surface area contributed by atoms with Crippen LogP contribution in [0.5, 0.6) is 0 Å². The first-order chi connectivity index (χ1) is 9.04. The minimum absolute atomic E-state index is 0.472. The van der Waals surface area contributed by atoms with Gasteiger partial charge in [-0.25, -0.2) is 0 Å². The lowest BCUT2D eigenvalue weighted by molar-refractivity contribution is 0.337. The number of aryl methyl sites for hydroxylation is 2. The number of hydrogen-bond acceptors (Lipinski definition) is 4. The fourth-order valence-corrected chi connectivity index (χ4v) is 3.03. The molecule has 1 aliphatic rings. The molecule has 5 heteroatoms. The minimum Gasteiger partial charge on any atom is -0.394 e. The number of likely N-dealkylation sites (N-methyl/N-ethyl adjacent to an activating group) is 1. The zero-order valence-corrected chi connectivity index (χ0v) is 12.7. The Morgan fingerprint density at radius 1 is 1.32 bits per heavy atom. The standard InChI is InChI=1S/C14H27N5/c1-5-7-12-13(15)14(18(4)16-12)19-9-6-8-17(3)10-11(19)2/h11H,5-10,15H2,1-4H3. The molecule has 0 amide bonds. The van der Waals surface area contributed by atoms with E-state index in [1.54, 1.807) is 0 Å². The summed E-state index contributed by atoms with van der Waals surface area (Å²) in [6.45, 7) is 7.72. The van der Waals surface area contributed by atoms with Crippen molar-refractivity contribution in [2.75, 3.05) is 37.3 Å². The Bertz CT molecular complexity index is 426. The summed E-state index contributed by atoms with van der Waals surface area (Å²) in [6, 6.07) is 0.472. The fraction of sp³-hybridized carbons (Fsp3) is 0.786. The third-order valence-electron chi connectivity index (χ3n) is 3.93. The highest BCUT2D eigenvalue weighted by Crippen LogP contribution is 2.29. The summed E-state index contributed by atoms with van der Waals surface area (Å²) in [7, 11) is 4.20. The zero-order chi connectivity index (χ0) is 14.0. The molecular formula is C14H27N5. The van der Waals surface area contributed by atoms with Crippen molar-refractivity contribution >= 4 is 11.5 Å². The van der Waals surface area contributed by atoms with Crippen LogP contribution < -0.4 is 10.6 Å². The molecule has 1 aliphatic heterocycles. The molecule has 2 N–H and O–H groups in total. The van der Waals surface area contributed by atoms with Crippen molar-refractivity contribution in [3.8, 4) is 0 Å². The predicted molar refractivity (Wildman–Crippen MR) is 80.5 cm³/mol. The molecule has 0 bridgehead atoms. The van der Waals surface area contributed by atoms with Gasteiger partial charge < -0.3 is 15.5 Å². The van der Waals surface area contributed by atoms with E-state index in [0.717, 1.165) is 49.7 Å². The van der Waals surface area contributed by atoms with Crippen LogP contribution in [-0.2, 0) is 13.5 Å². The summed E-state index contributed by atoms with van der Waals surface area (Å²) >= 11 is 0. The molecule has 0 aliphatic carbocycles. The number of hydrogen-bond donors (Lipinski definition) is 1. The van der Waals surface area contributed by atoms with Gasteiger partial charge in [-0.05, 0) is 33.4 Å². The monoisotopic (exact) mass is 265 g/mol. The second-order valence-electron chi connectivity index (χ2n) is 5.72. The molecule has 1 unspecified atom stereocenters. The van der Waals surface area contributed by atoms with Gasteiger partial charge in [-0.2, -0.15) is 5.10 Å². The topological polar surface area (TPSA) is 50.3 Å². The van der Waals surface area contributed by atoms with Crippen LogP contribution >= 0.6 is 0 Å². The van der Waals surface area contributed by atoms with E-state index in [4.69, 9.17) is 5.73 Å². The molecule has 1 fully saturated rings. The van der Waals surface area contributed by atoms with Gasteiger partial charge in [0.05, 0.1) is 11.4 Å². The first-order valence-electron chi connectivity index (χ1n) is 7.31. The Labute approximate surface area is 116 Å². The van der Waals surface area contributed by atoms with E-state index in [1.807, 2.05) is 11.7 Å². The van der Waals surface area contributed by atoms with E-state index in [-0.39, 0.29) is 0 Å². The van der Waals surface area contributed by atoms with Gasteiger partial charge in [-0.15, -0.1) is 0 Å². The number of nitrogens with two attached hydrogens (primary N) is 1. The molecule has 0 radical (unpaired) electrons. The largest absolute Gasteiger partial charge is 0.394 e. The van der Waals surface area contributed by atoms with E-state index >= 15 is 0 Å². The van der Waals surface area contributed by atoms with Gasteiger partial charge in [0.1, 0.15) is 0 Å². The average molecular weight is 265 g/mol. The number of aromatic nitrogens is 2. The van der Waals surface area contributed by atoms with Crippen LogP contribution in [0.3, 0.4) is 0 Å². The Morgan fingerprint density at radius 3 is 2.74 bits per heavy atom. The van der Waals surface area contributed by atoms with Crippen molar-refractivity contribution in [2.24, 2.45) is 7.05 Å². The number of nitrogen functional groups attached to an aromatic ring is 1. The molecule has 1 saturated heterocycles. The van der Waals surface area contributed by atoms with Gasteiger partial charge in [-0.3, -0.25) is 4.68 Å². The van der Waals surface area contributed by atoms with Gasteiger partial charge in [-0.1, -0.05) is 13.3 Å². The molecule has 108 valence electrons. The number of nitrogens with zero attached hydrogens (tertiary/aromatic N) is 4. The maximum atomic E-state index is 6.33. The van der Waals surface area contributed by atoms with Crippen molar-refractivity contribution < 1.29 is 0 Å². The van der Waals surface area contributed by atoms with Crippen LogP contribution in [0.2, 0.25) is 0 Å². The molecule has 0 aromatic carbocycles. The molecule has 2 heterocycles. The lowest BCUT2D eigenvalue weighted by Crippen LogP contribution is -2.39. The number of anilines is 2. The average Bonchev–Trinajstić information content (AvgIpc) is 2.51. The molecule has 1 atom stereocenters. The maximum Gasteiger partial charge on any atom is 0.150 e. The van der Waals surface area contributed by atoms with Gasteiger partial charge >= 0.3 is 0 Å². The van der Waals surface area contributed by atoms with Crippen LogP contribution in [0.15, 0.2) is 0 Å². The fourth-order valence-electron chi connectivity index (χ4n) is 3.03. The number of rotatable bonds is 3. The van der Waals surface area contributed by atoms with Crippen LogP contribution in [0.1, 0.15) is 32.4 Å². The van der Waals surface area contributed by atoms with Crippen LogP contribution in [-0.4, -0.2) is 47.4 Å². The van der Waals surface area contributed by atoms with Crippen molar-refractivity contribution in [1.29, 1.82) is 0 Å². The van der Waals surface area contributed by atoms with Crippen LogP contribution in [0.25, 0.3) is 0 Å². The van der Waals surface area contributed by atoms with E-state index in [1.165, 1.54) is 6.42 Å². The van der Waals surface area contributed by atoms with E-state index in [9.17, 15) is 0 Å². The second-order valence-corrected chi connectivity index (χ2v) is 5.72. The molecule has 0 saturated carbocycles. The zero-order valence-electron chi connectivity index (χ0n) is 12.7. The highest BCUT2D eigenvalue weighted by Gasteiger charge is 2.25. The van der Waals surface area contributed by atoms with Gasteiger partial charge in [0.25, 0.3) is 0 Å². The summed E-state index contributed by atoms with van der Waals surface area (Å²) in [4.78, 5) is 4.81. The van der Waals surface area contributed by atoms with E-state index in [0.29, 0.717) is 6.04 Å². The molecular weight excluding hydrogens is 238 g/mol. The Morgan fingerprint density at radius 2 is 2.05 bits per heavy atom. The molecule has 5 nitrogen and oxygen atoms in total. The van der Waals surface area contributed by atoms with Crippen molar-refractivity contribution in [3.05, 3.63) is 5.69 Å². The van der Waals surface area contributed by atoms with Crippen LogP contribution in [0.4, 0.5) is 11.5 Å². The highest BCUT2D eigenvalue weighted by molar-refractivity contribution is 5.67. The third-order valence-corrected chi connectivity index (χ3v) is 3.93. The van der Waals surface area contributed by atoms with Crippen molar-refractivity contribution in [1.82, 2.24) is 14.7 Å². The Hall–Kier alpha value is -1.23. The van der Waals surface area contributed by atoms with Gasteiger partial charge in [0.15, 0.2) is 5.82 Å². The molecule has 2 rings (SSSR count). The lowest BCUT2D eigenvalue weighted by Gasteiger charge is -2.30. The summed E-state index contributed by atoms with van der Waals surface area (Å²) in [5.74, 6) is 1.10. The predicted octanol–water partition coefficient (Wildman–Crippen LogP) is 1.49. The molecule has 1 aromatic rings.